The third-order valence-electron chi connectivity index (χ3n) is 3.14. The van der Waals surface area contributed by atoms with Gasteiger partial charge < -0.3 is 14.2 Å². The van der Waals surface area contributed by atoms with Gasteiger partial charge in [0.25, 0.3) is 0 Å². The van der Waals surface area contributed by atoms with E-state index in [0.29, 0.717) is 5.75 Å². The van der Waals surface area contributed by atoms with Gasteiger partial charge in [-0.05, 0) is 12.1 Å². The number of ether oxygens (including phenoxy) is 3. The third-order valence-corrected chi connectivity index (χ3v) is 3.14. The molecule has 0 aliphatic heterocycles. The molecule has 0 amide bonds. The summed E-state index contributed by atoms with van der Waals surface area (Å²) in [6.45, 7) is 0. The van der Waals surface area contributed by atoms with Crippen LogP contribution in [0.4, 0.5) is 8.78 Å². The lowest BCUT2D eigenvalue weighted by molar-refractivity contribution is 0.377. The molecule has 6 heteroatoms. The van der Waals surface area contributed by atoms with Gasteiger partial charge in [0.1, 0.15) is 28.9 Å². The van der Waals surface area contributed by atoms with Gasteiger partial charge in [0.2, 0.25) is 0 Å². The molecule has 0 radical (unpaired) electrons. The van der Waals surface area contributed by atoms with Crippen molar-refractivity contribution >= 4 is 0 Å². The van der Waals surface area contributed by atoms with E-state index < -0.39 is 11.6 Å². The number of rotatable bonds is 4. The van der Waals surface area contributed by atoms with Crippen LogP contribution in [0.1, 0.15) is 5.56 Å². The molecule has 0 aliphatic carbocycles. The maximum absolute atomic E-state index is 14.3. The molecule has 0 unspecified atom stereocenters. The van der Waals surface area contributed by atoms with Crippen molar-refractivity contribution < 1.29 is 23.0 Å². The van der Waals surface area contributed by atoms with Crippen molar-refractivity contribution in [3.8, 4) is 34.4 Å². The minimum Gasteiger partial charge on any atom is -0.496 e. The summed E-state index contributed by atoms with van der Waals surface area (Å²) < 4.78 is 44.0. The Labute approximate surface area is 126 Å². The summed E-state index contributed by atoms with van der Waals surface area (Å²) in [5, 5.41) is 8.77. The number of halogens is 2. The molecule has 2 aromatic carbocycles. The van der Waals surface area contributed by atoms with E-state index in [1.165, 1.54) is 33.5 Å². The number of methoxy groups -OCH3 is 3. The minimum atomic E-state index is -0.877. The van der Waals surface area contributed by atoms with E-state index in [-0.39, 0.29) is 28.2 Å². The highest BCUT2D eigenvalue weighted by Gasteiger charge is 2.22. The zero-order chi connectivity index (χ0) is 16.3. The first kappa shape index (κ1) is 15.6. The Kier molecular flexibility index (Phi) is 4.47. The van der Waals surface area contributed by atoms with Gasteiger partial charge in [0.15, 0.2) is 0 Å². The number of nitriles is 1. The van der Waals surface area contributed by atoms with E-state index in [1.807, 2.05) is 0 Å². The molecule has 0 N–H and O–H groups in total. The molecule has 0 heterocycles. The van der Waals surface area contributed by atoms with Crippen LogP contribution in [0.25, 0.3) is 11.1 Å². The molecule has 22 heavy (non-hydrogen) atoms. The number of hydrogen-bond donors (Lipinski definition) is 0. The molecular weight excluding hydrogens is 292 g/mol. The van der Waals surface area contributed by atoms with Crippen LogP contribution < -0.4 is 14.2 Å². The first-order chi connectivity index (χ1) is 10.5. The lowest BCUT2D eigenvalue weighted by Crippen LogP contribution is -1.99. The predicted octanol–water partition coefficient (Wildman–Crippen LogP) is 3.53. The van der Waals surface area contributed by atoms with Crippen LogP contribution in [0.15, 0.2) is 24.3 Å². The summed E-state index contributed by atoms with van der Waals surface area (Å²) >= 11 is 0. The van der Waals surface area contributed by atoms with Crippen LogP contribution in [0.5, 0.6) is 17.2 Å². The predicted molar refractivity (Wildman–Crippen MR) is 76.2 cm³/mol. The lowest BCUT2D eigenvalue weighted by atomic mass is 10.00. The van der Waals surface area contributed by atoms with Crippen molar-refractivity contribution in [2.24, 2.45) is 0 Å². The molecule has 2 aromatic rings. The molecule has 0 saturated carbocycles. The zero-order valence-corrected chi connectivity index (χ0v) is 12.2. The summed E-state index contributed by atoms with van der Waals surface area (Å²) in [5.41, 5.74) is -0.314. The summed E-state index contributed by atoms with van der Waals surface area (Å²) in [7, 11) is 4.20. The van der Waals surface area contributed by atoms with Crippen LogP contribution in [0.3, 0.4) is 0 Å². The molecule has 2 rings (SSSR count). The Morgan fingerprint density at radius 3 is 1.68 bits per heavy atom. The quantitative estimate of drug-likeness (QED) is 0.867. The van der Waals surface area contributed by atoms with Gasteiger partial charge in [-0.3, -0.25) is 0 Å². The molecule has 0 spiro atoms. The second-order valence-corrected chi connectivity index (χ2v) is 4.33. The Bertz CT molecular complexity index is 706. The monoisotopic (exact) mass is 305 g/mol. The van der Waals surface area contributed by atoms with E-state index in [9.17, 15) is 8.78 Å². The van der Waals surface area contributed by atoms with Gasteiger partial charge in [0.05, 0.1) is 44.1 Å². The van der Waals surface area contributed by atoms with E-state index in [1.54, 1.807) is 6.07 Å². The second-order valence-electron chi connectivity index (χ2n) is 4.33. The molecule has 0 atom stereocenters. The average molecular weight is 305 g/mol. The largest absolute Gasteiger partial charge is 0.496 e. The number of hydrogen-bond acceptors (Lipinski definition) is 4. The van der Waals surface area contributed by atoms with E-state index in [2.05, 4.69) is 0 Å². The average Bonchev–Trinajstić information content (AvgIpc) is 2.53. The maximum atomic E-state index is 14.3. The van der Waals surface area contributed by atoms with Crippen molar-refractivity contribution in [1.29, 1.82) is 5.26 Å². The van der Waals surface area contributed by atoms with Gasteiger partial charge in [0, 0.05) is 12.1 Å². The van der Waals surface area contributed by atoms with Gasteiger partial charge in [-0.25, -0.2) is 8.78 Å². The Balaban J connectivity index is 2.80. The van der Waals surface area contributed by atoms with Gasteiger partial charge in [-0.2, -0.15) is 5.26 Å². The van der Waals surface area contributed by atoms with Crippen molar-refractivity contribution in [2.75, 3.05) is 21.3 Å². The fraction of sp³-hybridized carbons (Fsp3) is 0.188. The standard InChI is InChI=1S/C16H13F2NO3/c1-20-10-6-13(21-2)16(14(7-10)22-3)15-11(17)4-9(8-19)5-12(15)18/h4-7H,1-3H3. The van der Waals surface area contributed by atoms with E-state index in [0.717, 1.165) is 12.1 Å². The third kappa shape index (κ3) is 2.66. The van der Waals surface area contributed by atoms with Gasteiger partial charge >= 0.3 is 0 Å². The second kappa shape index (κ2) is 6.31. The zero-order valence-electron chi connectivity index (χ0n) is 12.2. The summed E-state index contributed by atoms with van der Waals surface area (Å²) in [5.74, 6) is -0.944. The SMILES string of the molecule is COc1cc(OC)c(-c2c(F)cc(C#N)cc2F)c(OC)c1. The minimum absolute atomic E-state index is 0.106. The fourth-order valence-electron chi connectivity index (χ4n) is 2.13. The van der Waals surface area contributed by atoms with Crippen LogP contribution in [-0.2, 0) is 0 Å². The van der Waals surface area contributed by atoms with Crippen LogP contribution in [0, 0.1) is 23.0 Å². The van der Waals surface area contributed by atoms with Crippen molar-refractivity contribution in [3.63, 3.8) is 0 Å². The lowest BCUT2D eigenvalue weighted by Gasteiger charge is -2.16. The van der Waals surface area contributed by atoms with Crippen LogP contribution in [-0.4, -0.2) is 21.3 Å². The topological polar surface area (TPSA) is 51.5 Å². The van der Waals surface area contributed by atoms with Crippen LogP contribution >= 0.6 is 0 Å². The van der Waals surface area contributed by atoms with Crippen LogP contribution in [0.2, 0.25) is 0 Å². The van der Waals surface area contributed by atoms with E-state index in [4.69, 9.17) is 19.5 Å². The summed E-state index contributed by atoms with van der Waals surface area (Å²) in [6.07, 6.45) is 0. The highest BCUT2D eigenvalue weighted by atomic mass is 19.1. The Morgan fingerprint density at radius 1 is 0.818 bits per heavy atom. The molecule has 0 fully saturated rings. The molecule has 4 nitrogen and oxygen atoms in total. The van der Waals surface area contributed by atoms with E-state index >= 15 is 0 Å². The molecule has 0 bridgehead atoms. The fourth-order valence-corrected chi connectivity index (χ4v) is 2.13. The van der Waals surface area contributed by atoms with Crippen molar-refractivity contribution in [2.45, 2.75) is 0 Å². The normalized spacial score (nSPS) is 10.0. The maximum Gasteiger partial charge on any atom is 0.135 e. The smallest absolute Gasteiger partial charge is 0.135 e. The highest BCUT2D eigenvalue weighted by Crippen LogP contribution is 2.43. The Hall–Kier alpha value is -2.81. The molecular formula is C16H13F2NO3. The van der Waals surface area contributed by atoms with Gasteiger partial charge in [-0.15, -0.1) is 0 Å². The molecule has 114 valence electrons. The highest BCUT2D eigenvalue weighted by molar-refractivity contribution is 5.79. The molecule has 0 saturated heterocycles. The van der Waals surface area contributed by atoms with Crippen molar-refractivity contribution in [1.82, 2.24) is 0 Å². The first-order valence-corrected chi connectivity index (χ1v) is 6.25. The molecule has 0 aliphatic rings. The first-order valence-electron chi connectivity index (χ1n) is 6.25. The molecule has 0 aromatic heterocycles. The van der Waals surface area contributed by atoms with Gasteiger partial charge in [-0.1, -0.05) is 0 Å². The summed E-state index contributed by atoms with van der Waals surface area (Å²) in [6, 6.07) is 6.61. The van der Waals surface area contributed by atoms with Crippen molar-refractivity contribution in [3.05, 3.63) is 41.5 Å². The number of nitrogens with zero attached hydrogens (tertiary/aromatic N) is 1. The number of benzene rings is 2. The Morgan fingerprint density at radius 2 is 1.32 bits per heavy atom. The summed E-state index contributed by atoms with van der Waals surface area (Å²) in [4.78, 5) is 0.